The monoisotopic (exact) mass is 241 g/mol. The number of fused-ring (bicyclic) bond motifs is 1. The van der Waals surface area contributed by atoms with Gasteiger partial charge in [0, 0.05) is 6.04 Å². The van der Waals surface area contributed by atoms with Gasteiger partial charge in [-0.15, -0.1) is 0 Å². The highest BCUT2D eigenvalue weighted by molar-refractivity contribution is 6.42. The lowest BCUT2D eigenvalue weighted by molar-refractivity contribution is 0.458. The number of halogens is 2. The third kappa shape index (κ3) is 1.67. The molecule has 0 bridgehead atoms. The Morgan fingerprint density at radius 3 is 2.73 bits per heavy atom. The molecule has 0 amide bonds. The minimum Gasteiger partial charge on any atom is -0.309 e. The van der Waals surface area contributed by atoms with Gasteiger partial charge in [0.05, 0.1) is 10.0 Å². The Kier molecular flexibility index (Phi) is 2.42. The Labute approximate surface area is 99.8 Å². The number of benzene rings is 1. The maximum absolute atomic E-state index is 6.24. The molecule has 80 valence electrons. The van der Waals surface area contributed by atoms with Crippen LogP contribution in [-0.2, 0) is 6.42 Å². The SMILES string of the molecule is Clc1ccc2c(c1Cl)CCNC2C1CC1. The molecule has 1 saturated carbocycles. The van der Waals surface area contributed by atoms with Gasteiger partial charge < -0.3 is 5.32 Å². The average Bonchev–Trinajstić information content (AvgIpc) is 3.07. The normalized spacial score (nSPS) is 25.1. The van der Waals surface area contributed by atoms with Crippen molar-refractivity contribution in [2.75, 3.05) is 6.54 Å². The minimum atomic E-state index is 0.517. The molecule has 0 aromatic heterocycles. The molecule has 1 aliphatic carbocycles. The third-order valence-corrected chi connectivity index (χ3v) is 4.24. The van der Waals surface area contributed by atoms with E-state index >= 15 is 0 Å². The first-order valence-electron chi connectivity index (χ1n) is 5.47. The van der Waals surface area contributed by atoms with Gasteiger partial charge in [-0.25, -0.2) is 0 Å². The summed E-state index contributed by atoms with van der Waals surface area (Å²) < 4.78 is 0. The number of hydrogen-bond donors (Lipinski definition) is 1. The van der Waals surface area contributed by atoms with Gasteiger partial charge in [-0.1, -0.05) is 29.3 Å². The zero-order chi connectivity index (χ0) is 10.4. The third-order valence-electron chi connectivity index (χ3n) is 3.40. The second kappa shape index (κ2) is 3.65. The van der Waals surface area contributed by atoms with Crippen LogP contribution >= 0.6 is 23.2 Å². The maximum atomic E-state index is 6.24. The van der Waals surface area contributed by atoms with Crippen molar-refractivity contribution in [3.05, 3.63) is 33.3 Å². The zero-order valence-electron chi connectivity index (χ0n) is 8.39. The molecule has 1 atom stereocenters. The summed E-state index contributed by atoms with van der Waals surface area (Å²) in [6.45, 7) is 1.02. The quantitative estimate of drug-likeness (QED) is 0.793. The predicted molar refractivity (Wildman–Crippen MR) is 63.6 cm³/mol. The van der Waals surface area contributed by atoms with E-state index in [1.54, 1.807) is 0 Å². The first-order chi connectivity index (χ1) is 7.27. The average molecular weight is 242 g/mol. The van der Waals surface area contributed by atoms with E-state index in [1.807, 2.05) is 6.07 Å². The van der Waals surface area contributed by atoms with E-state index in [1.165, 1.54) is 24.0 Å². The molecule has 1 nitrogen and oxygen atoms in total. The fourth-order valence-electron chi connectivity index (χ4n) is 2.47. The van der Waals surface area contributed by atoms with Gasteiger partial charge in [-0.05, 0) is 48.9 Å². The second-order valence-electron chi connectivity index (χ2n) is 4.45. The molecule has 3 rings (SSSR count). The topological polar surface area (TPSA) is 12.0 Å². The van der Waals surface area contributed by atoms with Gasteiger partial charge in [-0.2, -0.15) is 0 Å². The number of rotatable bonds is 1. The summed E-state index contributed by atoms with van der Waals surface area (Å²) in [6, 6.07) is 4.58. The molecule has 0 saturated heterocycles. The molecule has 0 radical (unpaired) electrons. The summed E-state index contributed by atoms with van der Waals surface area (Å²) in [5.41, 5.74) is 2.64. The molecule has 1 N–H and O–H groups in total. The Balaban J connectivity index is 2.07. The van der Waals surface area contributed by atoms with Crippen LogP contribution in [0.15, 0.2) is 12.1 Å². The molecule has 1 aromatic carbocycles. The van der Waals surface area contributed by atoms with Crippen molar-refractivity contribution in [2.45, 2.75) is 25.3 Å². The Morgan fingerprint density at radius 1 is 1.20 bits per heavy atom. The predicted octanol–water partition coefficient (Wildman–Crippen LogP) is 3.59. The van der Waals surface area contributed by atoms with Crippen LogP contribution in [0.4, 0.5) is 0 Å². The first kappa shape index (κ1) is 9.95. The smallest absolute Gasteiger partial charge is 0.0628 e. The van der Waals surface area contributed by atoms with E-state index in [9.17, 15) is 0 Å². The Bertz CT molecular complexity index is 399. The highest BCUT2D eigenvalue weighted by atomic mass is 35.5. The highest BCUT2D eigenvalue weighted by Gasteiger charge is 2.35. The molecule has 1 unspecified atom stereocenters. The van der Waals surface area contributed by atoms with E-state index in [0.29, 0.717) is 11.1 Å². The van der Waals surface area contributed by atoms with Crippen LogP contribution in [0, 0.1) is 5.92 Å². The molecule has 1 aliphatic heterocycles. The van der Waals surface area contributed by atoms with Crippen molar-refractivity contribution < 1.29 is 0 Å². The molecule has 3 heteroatoms. The molecule has 0 spiro atoms. The lowest BCUT2D eigenvalue weighted by atomic mass is 9.91. The van der Waals surface area contributed by atoms with Crippen LogP contribution in [0.25, 0.3) is 0 Å². The second-order valence-corrected chi connectivity index (χ2v) is 5.23. The minimum absolute atomic E-state index is 0.517. The summed E-state index contributed by atoms with van der Waals surface area (Å²) in [5, 5.41) is 5.03. The van der Waals surface area contributed by atoms with Crippen LogP contribution in [-0.4, -0.2) is 6.54 Å². The van der Waals surface area contributed by atoms with Gasteiger partial charge >= 0.3 is 0 Å². The summed E-state index contributed by atoms with van der Waals surface area (Å²) in [6.07, 6.45) is 3.69. The molecule has 1 heterocycles. The number of hydrogen-bond acceptors (Lipinski definition) is 1. The van der Waals surface area contributed by atoms with Crippen molar-refractivity contribution in [3.8, 4) is 0 Å². The van der Waals surface area contributed by atoms with Crippen LogP contribution in [0.1, 0.15) is 30.0 Å². The Hall–Kier alpha value is -0.240. The Morgan fingerprint density at radius 2 is 2.00 bits per heavy atom. The van der Waals surface area contributed by atoms with Gasteiger partial charge in [0.2, 0.25) is 0 Å². The van der Waals surface area contributed by atoms with Crippen LogP contribution in [0.5, 0.6) is 0 Å². The lowest BCUT2D eigenvalue weighted by Gasteiger charge is -2.28. The summed E-state index contributed by atoms with van der Waals surface area (Å²) in [4.78, 5) is 0. The van der Waals surface area contributed by atoms with Gasteiger partial charge in [0.1, 0.15) is 0 Å². The zero-order valence-corrected chi connectivity index (χ0v) is 9.91. The largest absolute Gasteiger partial charge is 0.309 e. The summed E-state index contributed by atoms with van der Waals surface area (Å²) in [7, 11) is 0. The van der Waals surface area contributed by atoms with E-state index in [4.69, 9.17) is 23.2 Å². The highest BCUT2D eigenvalue weighted by Crippen LogP contribution is 2.45. The fourth-order valence-corrected chi connectivity index (χ4v) is 2.91. The first-order valence-corrected chi connectivity index (χ1v) is 6.23. The van der Waals surface area contributed by atoms with Crippen molar-refractivity contribution in [1.82, 2.24) is 5.32 Å². The van der Waals surface area contributed by atoms with E-state index in [-0.39, 0.29) is 0 Å². The molecule has 2 aliphatic rings. The van der Waals surface area contributed by atoms with Crippen LogP contribution in [0.3, 0.4) is 0 Å². The van der Waals surface area contributed by atoms with E-state index in [2.05, 4.69) is 11.4 Å². The van der Waals surface area contributed by atoms with E-state index < -0.39 is 0 Å². The van der Waals surface area contributed by atoms with E-state index in [0.717, 1.165) is 23.9 Å². The summed E-state index contributed by atoms with van der Waals surface area (Å²) in [5.74, 6) is 0.821. The van der Waals surface area contributed by atoms with Gasteiger partial charge in [0.25, 0.3) is 0 Å². The van der Waals surface area contributed by atoms with Crippen molar-refractivity contribution in [2.24, 2.45) is 5.92 Å². The van der Waals surface area contributed by atoms with Gasteiger partial charge in [0.15, 0.2) is 0 Å². The standard InChI is InChI=1S/C12H13Cl2N/c13-10-4-3-9-8(11(10)14)5-6-15-12(9)7-1-2-7/h3-4,7,12,15H,1-2,5-6H2. The number of nitrogens with one attached hydrogen (secondary N) is 1. The molecule has 1 aromatic rings. The van der Waals surface area contributed by atoms with Crippen LogP contribution in [0.2, 0.25) is 10.0 Å². The molecular weight excluding hydrogens is 229 g/mol. The van der Waals surface area contributed by atoms with Crippen molar-refractivity contribution in [1.29, 1.82) is 0 Å². The molecule has 1 fully saturated rings. The summed E-state index contributed by atoms with van der Waals surface area (Å²) >= 11 is 12.3. The van der Waals surface area contributed by atoms with Gasteiger partial charge in [-0.3, -0.25) is 0 Å². The fraction of sp³-hybridized carbons (Fsp3) is 0.500. The maximum Gasteiger partial charge on any atom is 0.0628 e. The lowest BCUT2D eigenvalue weighted by Crippen LogP contribution is -2.31. The van der Waals surface area contributed by atoms with Crippen molar-refractivity contribution >= 4 is 23.2 Å². The van der Waals surface area contributed by atoms with Crippen molar-refractivity contribution in [3.63, 3.8) is 0 Å². The molecule has 15 heavy (non-hydrogen) atoms. The molecular formula is C12H13Cl2N. The van der Waals surface area contributed by atoms with Crippen LogP contribution < -0.4 is 5.32 Å².